The Labute approximate surface area is 129 Å². The van der Waals surface area contributed by atoms with Crippen molar-refractivity contribution < 1.29 is 0 Å². The van der Waals surface area contributed by atoms with Gasteiger partial charge in [0.2, 0.25) is 0 Å². The van der Waals surface area contributed by atoms with Crippen LogP contribution in [0.25, 0.3) is 0 Å². The summed E-state index contributed by atoms with van der Waals surface area (Å²) in [6, 6.07) is 8.36. The van der Waals surface area contributed by atoms with E-state index < -0.39 is 0 Å². The SMILES string of the molecule is CCCn1ncc(Cl)c1C(N)CSc1ccc(C)cc1. The number of nitrogens with two attached hydrogens (primary N) is 1. The van der Waals surface area contributed by atoms with Crippen LogP contribution < -0.4 is 5.73 Å². The molecular formula is C15H20ClN3S. The number of halogens is 1. The fourth-order valence-electron chi connectivity index (χ4n) is 2.03. The Balaban J connectivity index is 2.02. The van der Waals surface area contributed by atoms with E-state index >= 15 is 0 Å². The third kappa shape index (κ3) is 3.78. The number of aromatic nitrogens is 2. The highest BCUT2D eigenvalue weighted by atomic mass is 35.5. The van der Waals surface area contributed by atoms with Crippen molar-refractivity contribution in [3.05, 3.63) is 46.7 Å². The monoisotopic (exact) mass is 309 g/mol. The Hall–Kier alpha value is -0.970. The minimum Gasteiger partial charge on any atom is -0.322 e. The zero-order chi connectivity index (χ0) is 14.5. The number of thioether (sulfide) groups is 1. The van der Waals surface area contributed by atoms with E-state index in [-0.39, 0.29) is 6.04 Å². The van der Waals surface area contributed by atoms with E-state index in [4.69, 9.17) is 17.3 Å². The molecule has 0 saturated heterocycles. The number of rotatable bonds is 6. The number of benzene rings is 1. The Kier molecular flexibility index (Phi) is 5.52. The van der Waals surface area contributed by atoms with Crippen LogP contribution in [0, 0.1) is 6.92 Å². The van der Waals surface area contributed by atoms with Crippen LogP contribution in [-0.4, -0.2) is 15.5 Å². The minimum absolute atomic E-state index is 0.108. The normalized spacial score (nSPS) is 12.6. The zero-order valence-electron chi connectivity index (χ0n) is 11.8. The number of hydrogen-bond acceptors (Lipinski definition) is 3. The first kappa shape index (κ1) is 15.4. The fraction of sp³-hybridized carbons (Fsp3) is 0.400. The number of aryl methyl sites for hydroxylation is 2. The molecule has 20 heavy (non-hydrogen) atoms. The van der Waals surface area contributed by atoms with Gasteiger partial charge in [-0.25, -0.2) is 0 Å². The van der Waals surface area contributed by atoms with E-state index in [1.165, 1.54) is 10.5 Å². The number of hydrogen-bond donors (Lipinski definition) is 1. The molecule has 0 radical (unpaired) electrons. The quantitative estimate of drug-likeness (QED) is 0.819. The highest BCUT2D eigenvalue weighted by Gasteiger charge is 2.16. The third-order valence-electron chi connectivity index (χ3n) is 3.07. The summed E-state index contributed by atoms with van der Waals surface area (Å²) in [7, 11) is 0. The van der Waals surface area contributed by atoms with E-state index in [1.54, 1.807) is 18.0 Å². The average Bonchev–Trinajstić information content (AvgIpc) is 2.79. The van der Waals surface area contributed by atoms with Crippen molar-refractivity contribution in [3.63, 3.8) is 0 Å². The van der Waals surface area contributed by atoms with Crippen LogP contribution >= 0.6 is 23.4 Å². The predicted octanol–water partition coefficient (Wildman–Crippen LogP) is 4.05. The predicted molar refractivity (Wildman–Crippen MR) is 86.4 cm³/mol. The number of nitrogens with zero attached hydrogens (tertiary/aromatic N) is 2. The molecule has 0 spiro atoms. The second-order valence-corrected chi connectivity index (χ2v) is 6.33. The summed E-state index contributed by atoms with van der Waals surface area (Å²) >= 11 is 7.95. The first-order valence-corrected chi connectivity index (χ1v) is 8.14. The van der Waals surface area contributed by atoms with Crippen LogP contribution in [-0.2, 0) is 6.54 Å². The van der Waals surface area contributed by atoms with Crippen molar-refractivity contribution in [1.82, 2.24) is 9.78 Å². The molecule has 1 heterocycles. The summed E-state index contributed by atoms with van der Waals surface area (Å²) < 4.78 is 1.92. The molecule has 5 heteroatoms. The summed E-state index contributed by atoms with van der Waals surface area (Å²) in [4.78, 5) is 1.23. The maximum Gasteiger partial charge on any atom is 0.0834 e. The van der Waals surface area contributed by atoms with Gasteiger partial charge >= 0.3 is 0 Å². The van der Waals surface area contributed by atoms with Crippen molar-refractivity contribution in [3.8, 4) is 0 Å². The molecule has 0 fully saturated rings. The summed E-state index contributed by atoms with van der Waals surface area (Å²) in [6.07, 6.45) is 2.70. The van der Waals surface area contributed by atoms with Crippen molar-refractivity contribution in [2.45, 2.75) is 37.8 Å². The molecule has 2 aromatic rings. The van der Waals surface area contributed by atoms with Gasteiger partial charge in [0, 0.05) is 17.2 Å². The van der Waals surface area contributed by atoms with Crippen LogP contribution in [0.5, 0.6) is 0 Å². The molecule has 1 aromatic heterocycles. The molecule has 3 nitrogen and oxygen atoms in total. The first-order chi connectivity index (χ1) is 9.61. The van der Waals surface area contributed by atoms with Gasteiger partial charge in [0.15, 0.2) is 0 Å². The first-order valence-electron chi connectivity index (χ1n) is 6.78. The average molecular weight is 310 g/mol. The standard InChI is InChI=1S/C15H20ClN3S/c1-3-8-19-15(13(16)9-18-19)14(17)10-20-12-6-4-11(2)5-7-12/h4-7,9,14H,3,8,10,17H2,1-2H3. The largest absolute Gasteiger partial charge is 0.322 e. The smallest absolute Gasteiger partial charge is 0.0834 e. The molecule has 2 rings (SSSR count). The van der Waals surface area contributed by atoms with Gasteiger partial charge in [-0.2, -0.15) is 5.10 Å². The van der Waals surface area contributed by atoms with Gasteiger partial charge in [0.25, 0.3) is 0 Å². The molecule has 1 atom stereocenters. The van der Waals surface area contributed by atoms with E-state index in [0.29, 0.717) is 5.02 Å². The second kappa shape index (κ2) is 7.16. The van der Waals surface area contributed by atoms with E-state index in [2.05, 4.69) is 43.2 Å². The molecule has 0 aliphatic carbocycles. The van der Waals surface area contributed by atoms with Gasteiger partial charge in [-0.05, 0) is 25.5 Å². The van der Waals surface area contributed by atoms with Gasteiger partial charge in [0.05, 0.1) is 23.0 Å². The molecule has 1 unspecified atom stereocenters. The Morgan fingerprint density at radius 3 is 2.70 bits per heavy atom. The summed E-state index contributed by atoms with van der Waals surface area (Å²) in [6.45, 7) is 5.06. The molecule has 0 amide bonds. The third-order valence-corrected chi connectivity index (χ3v) is 4.49. The molecule has 0 aliphatic rings. The van der Waals surface area contributed by atoms with E-state index in [0.717, 1.165) is 24.4 Å². The van der Waals surface area contributed by atoms with Crippen LogP contribution in [0.15, 0.2) is 35.4 Å². The second-order valence-electron chi connectivity index (χ2n) is 4.83. The van der Waals surface area contributed by atoms with Gasteiger partial charge in [-0.1, -0.05) is 36.2 Å². The Bertz CT molecular complexity index is 551. The summed E-state index contributed by atoms with van der Waals surface area (Å²) in [5.41, 5.74) is 8.49. The molecule has 0 saturated carbocycles. The van der Waals surface area contributed by atoms with Crippen LogP contribution in [0.2, 0.25) is 5.02 Å². The molecular weight excluding hydrogens is 290 g/mol. The highest BCUT2D eigenvalue weighted by molar-refractivity contribution is 7.99. The highest BCUT2D eigenvalue weighted by Crippen LogP contribution is 2.27. The summed E-state index contributed by atoms with van der Waals surface area (Å²) in [5, 5.41) is 4.95. The van der Waals surface area contributed by atoms with Gasteiger partial charge < -0.3 is 5.73 Å². The van der Waals surface area contributed by atoms with Crippen LogP contribution in [0.3, 0.4) is 0 Å². The van der Waals surface area contributed by atoms with Crippen molar-refractivity contribution in [2.75, 3.05) is 5.75 Å². The molecule has 0 aliphatic heterocycles. The fourth-order valence-corrected chi connectivity index (χ4v) is 3.17. The lowest BCUT2D eigenvalue weighted by Gasteiger charge is -2.14. The molecule has 108 valence electrons. The Morgan fingerprint density at radius 2 is 2.05 bits per heavy atom. The van der Waals surface area contributed by atoms with Crippen molar-refractivity contribution >= 4 is 23.4 Å². The van der Waals surface area contributed by atoms with Gasteiger partial charge in [-0.3, -0.25) is 4.68 Å². The topological polar surface area (TPSA) is 43.8 Å². The molecule has 1 aromatic carbocycles. The lowest BCUT2D eigenvalue weighted by atomic mass is 10.2. The molecule has 0 bridgehead atoms. The lowest BCUT2D eigenvalue weighted by molar-refractivity contribution is 0.554. The van der Waals surface area contributed by atoms with Gasteiger partial charge in [-0.15, -0.1) is 11.8 Å². The zero-order valence-corrected chi connectivity index (χ0v) is 13.4. The van der Waals surface area contributed by atoms with E-state index in [1.807, 2.05) is 4.68 Å². The van der Waals surface area contributed by atoms with Crippen molar-refractivity contribution in [2.24, 2.45) is 5.73 Å². The van der Waals surface area contributed by atoms with Crippen LogP contribution in [0.1, 0.15) is 30.6 Å². The molecule has 2 N–H and O–H groups in total. The maximum atomic E-state index is 6.28. The van der Waals surface area contributed by atoms with E-state index in [9.17, 15) is 0 Å². The van der Waals surface area contributed by atoms with Crippen LogP contribution in [0.4, 0.5) is 0 Å². The van der Waals surface area contributed by atoms with Crippen molar-refractivity contribution in [1.29, 1.82) is 0 Å². The Morgan fingerprint density at radius 1 is 1.35 bits per heavy atom. The van der Waals surface area contributed by atoms with Gasteiger partial charge in [0.1, 0.15) is 0 Å². The maximum absolute atomic E-state index is 6.28. The summed E-state index contributed by atoms with van der Waals surface area (Å²) in [5.74, 6) is 0.790. The minimum atomic E-state index is -0.108. The lowest BCUT2D eigenvalue weighted by Crippen LogP contribution is -2.19.